The molecule has 0 unspecified atom stereocenters. The number of ether oxygens (including phenoxy) is 1. The van der Waals surface area contributed by atoms with Crippen molar-refractivity contribution in [2.24, 2.45) is 5.73 Å². The van der Waals surface area contributed by atoms with Crippen LogP contribution in [0.1, 0.15) is 22.1 Å². The quantitative estimate of drug-likeness (QED) is 0.514. The maximum Gasteiger partial charge on any atom is 0.357 e. The van der Waals surface area contributed by atoms with Crippen LogP contribution in [-0.4, -0.2) is 18.1 Å². The minimum Gasteiger partial charge on any atom is -0.464 e. The van der Waals surface area contributed by atoms with Gasteiger partial charge < -0.3 is 10.5 Å². The molecule has 0 aromatic carbocycles. The Labute approximate surface area is 118 Å². The fourth-order valence-electron chi connectivity index (χ4n) is 1.23. The summed E-state index contributed by atoms with van der Waals surface area (Å²) in [5.41, 5.74) is 7.12. The maximum atomic E-state index is 11.2. The Morgan fingerprint density at radius 1 is 1.58 bits per heavy atom. The van der Waals surface area contributed by atoms with E-state index in [9.17, 15) is 4.79 Å². The number of nitrogens with zero attached hydrogens (tertiary/aromatic N) is 1. The number of hydrogen-bond acceptors (Lipinski definition) is 7. The summed E-state index contributed by atoms with van der Waals surface area (Å²) in [7, 11) is 1.31. The Kier molecular flexibility index (Phi) is 4.52. The number of methoxy groups -OCH3 is 1. The van der Waals surface area contributed by atoms with Crippen LogP contribution < -0.4 is 11.1 Å². The van der Waals surface area contributed by atoms with E-state index in [1.54, 1.807) is 16.7 Å². The van der Waals surface area contributed by atoms with Crippen LogP contribution in [-0.2, 0) is 4.74 Å². The van der Waals surface area contributed by atoms with Gasteiger partial charge in [0.1, 0.15) is 0 Å². The third kappa shape index (κ3) is 3.54. The first-order valence-corrected chi connectivity index (χ1v) is 7.11. The number of thiazole rings is 1. The molecule has 2 aromatic rings. The van der Waals surface area contributed by atoms with Crippen LogP contribution in [0.5, 0.6) is 0 Å². The molecule has 2 aromatic heterocycles. The average Bonchev–Trinajstić information content (AvgIpc) is 3.08. The molecule has 0 radical (unpaired) electrons. The standard InChI is InChI=1S/C12H11N3O2S2/c1-17-11(16)10-7-19-12(15-10)14-4-2-9(13)8-3-5-18-6-8/h3,5-7,9H,13H2,1H3,(H,14,15)/t9-/m0/s1. The van der Waals surface area contributed by atoms with Gasteiger partial charge in [0.05, 0.1) is 13.2 Å². The molecule has 0 fully saturated rings. The van der Waals surface area contributed by atoms with Gasteiger partial charge in [-0.2, -0.15) is 11.3 Å². The van der Waals surface area contributed by atoms with E-state index >= 15 is 0 Å². The summed E-state index contributed by atoms with van der Waals surface area (Å²) in [4.78, 5) is 15.2. The molecule has 3 N–H and O–H groups in total. The summed E-state index contributed by atoms with van der Waals surface area (Å²) in [6, 6.07) is 4.33. The van der Waals surface area contributed by atoms with Gasteiger partial charge in [0, 0.05) is 11.4 Å². The number of hydrogen-bond donors (Lipinski definition) is 2. The number of carbonyl (C=O) groups is 1. The van der Waals surface area contributed by atoms with Gasteiger partial charge in [-0.3, -0.25) is 5.32 Å². The Hall–Kier alpha value is -1.88. The Morgan fingerprint density at radius 2 is 2.42 bits per heavy atom. The first-order valence-electron chi connectivity index (χ1n) is 5.28. The minimum absolute atomic E-state index is 0.263. The first-order chi connectivity index (χ1) is 9.20. The Balaban J connectivity index is 1.96. The zero-order chi connectivity index (χ0) is 13.7. The monoisotopic (exact) mass is 293 g/mol. The number of nitrogens with one attached hydrogen (secondary N) is 1. The topological polar surface area (TPSA) is 77.2 Å². The average molecular weight is 293 g/mol. The van der Waals surface area contributed by atoms with Crippen molar-refractivity contribution in [3.8, 4) is 12.0 Å². The lowest BCUT2D eigenvalue weighted by Gasteiger charge is -1.98. The lowest BCUT2D eigenvalue weighted by molar-refractivity contribution is 0.0595. The molecule has 2 rings (SSSR count). The van der Waals surface area contributed by atoms with Gasteiger partial charge in [-0.15, -0.1) is 11.3 Å². The number of thiophene rings is 1. The molecule has 0 bridgehead atoms. The van der Waals surface area contributed by atoms with E-state index in [4.69, 9.17) is 5.73 Å². The summed E-state index contributed by atoms with van der Waals surface area (Å²) < 4.78 is 4.56. The predicted molar refractivity (Wildman–Crippen MR) is 76.1 cm³/mol. The van der Waals surface area contributed by atoms with Crippen LogP contribution in [0.3, 0.4) is 0 Å². The highest BCUT2D eigenvalue weighted by Crippen LogP contribution is 2.16. The van der Waals surface area contributed by atoms with Gasteiger partial charge in [-0.1, -0.05) is 5.92 Å². The van der Waals surface area contributed by atoms with Crippen LogP contribution >= 0.6 is 22.7 Å². The molecule has 0 aliphatic carbocycles. The van der Waals surface area contributed by atoms with Gasteiger partial charge in [0.2, 0.25) is 0 Å². The highest BCUT2D eigenvalue weighted by atomic mass is 32.1. The lowest BCUT2D eigenvalue weighted by atomic mass is 10.2. The first kappa shape index (κ1) is 13.5. The summed E-state index contributed by atoms with van der Waals surface area (Å²) in [6.07, 6.45) is 0. The van der Waals surface area contributed by atoms with E-state index in [0.717, 1.165) is 5.56 Å². The van der Waals surface area contributed by atoms with Gasteiger partial charge in [-0.05, 0) is 22.4 Å². The van der Waals surface area contributed by atoms with E-state index in [2.05, 4.69) is 27.0 Å². The highest BCUT2D eigenvalue weighted by Gasteiger charge is 2.09. The molecular formula is C12H11N3O2S2. The van der Waals surface area contributed by atoms with Gasteiger partial charge in [0.25, 0.3) is 0 Å². The van der Waals surface area contributed by atoms with Crippen molar-refractivity contribution >= 4 is 33.8 Å². The Bertz CT molecular complexity index is 610. The predicted octanol–water partition coefficient (Wildman–Crippen LogP) is 2.06. The van der Waals surface area contributed by atoms with Crippen molar-refractivity contribution in [1.82, 2.24) is 4.98 Å². The summed E-state index contributed by atoms with van der Waals surface area (Å²) in [6.45, 7) is 0. The van der Waals surface area contributed by atoms with E-state index in [0.29, 0.717) is 5.13 Å². The molecule has 7 heteroatoms. The van der Waals surface area contributed by atoms with Gasteiger partial charge in [-0.25, -0.2) is 9.78 Å². The van der Waals surface area contributed by atoms with Crippen molar-refractivity contribution in [2.45, 2.75) is 6.04 Å². The zero-order valence-corrected chi connectivity index (χ0v) is 11.7. The molecule has 5 nitrogen and oxygen atoms in total. The smallest absolute Gasteiger partial charge is 0.357 e. The summed E-state index contributed by atoms with van der Waals surface area (Å²) >= 11 is 2.86. The van der Waals surface area contributed by atoms with Gasteiger partial charge in [0.15, 0.2) is 10.8 Å². The van der Waals surface area contributed by atoms with Crippen LogP contribution in [0.2, 0.25) is 0 Å². The van der Waals surface area contributed by atoms with E-state index < -0.39 is 5.97 Å². The van der Waals surface area contributed by atoms with Crippen molar-refractivity contribution < 1.29 is 9.53 Å². The highest BCUT2D eigenvalue weighted by molar-refractivity contribution is 7.13. The summed E-state index contributed by atoms with van der Waals surface area (Å²) in [5, 5.41) is 8.85. The van der Waals surface area contributed by atoms with E-state index in [1.807, 2.05) is 16.8 Å². The molecule has 0 aliphatic heterocycles. The third-order valence-corrected chi connectivity index (χ3v) is 3.66. The van der Waals surface area contributed by atoms with Gasteiger partial charge >= 0.3 is 5.97 Å². The molecule has 0 saturated carbocycles. The molecule has 1 atom stereocenters. The van der Waals surface area contributed by atoms with E-state index in [-0.39, 0.29) is 11.7 Å². The maximum absolute atomic E-state index is 11.2. The molecule has 0 spiro atoms. The molecule has 0 aliphatic rings. The van der Waals surface area contributed by atoms with Crippen molar-refractivity contribution in [2.75, 3.05) is 12.4 Å². The lowest BCUT2D eigenvalue weighted by Crippen LogP contribution is -2.06. The number of carbonyl (C=O) groups excluding carboxylic acids is 1. The molecule has 0 amide bonds. The van der Waals surface area contributed by atoms with Crippen LogP contribution in [0.15, 0.2) is 22.2 Å². The largest absolute Gasteiger partial charge is 0.464 e. The zero-order valence-electron chi connectivity index (χ0n) is 10.0. The number of nitrogens with two attached hydrogens (primary N) is 1. The van der Waals surface area contributed by atoms with Crippen molar-refractivity contribution in [3.05, 3.63) is 33.5 Å². The normalized spacial score (nSPS) is 11.3. The number of anilines is 1. The minimum atomic E-state index is -0.466. The van der Waals surface area contributed by atoms with Crippen LogP contribution in [0, 0.1) is 12.0 Å². The molecule has 0 saturated heterocycles. The fraction of sp³-hybridized carbons (Fsp3) is 0.167. The van der Waals surface area contributed by atoms with Crippen molar-refractivity contribution in [1.29, 1.82) is 0 Å². The second kappa shape index (κ2) is 6.33. The van der Waals surface area contributed by atoms with E-state index in [1.165, 1.54) is 18.4 Å². The Morgan fingerprint density at radius 3 is 3.11 bits per heavy atom. The third-order valence-electron chi connectivity index (χ3n) is 2.20. The summed E-state index contributed by atoms with van der Waals surface area (Å²) in [5.74, 6) is 2.39. The second-order valence-corrected chi connectivity index (χ2v) is 5.10. The second-order valence-electron chi connectivity index (χ2n) is 3.46. The fourth-order valence-corrected chi connectivity index (χ4v) is 2.56. The molecular weight excluding hydrogens is 282 g/mol. The number of rotatable bonds is 3. The number of esters is 1. The van der Waals surface area contributed by atoms with Crippen molar-refractivity contribution in [3.63, 3.8) is 0 Å². The molecule has 19 heavy (non-hydrogen) atoms. The number of aromatic nitrogens is 1. The van der Waals surface area contributed by atoms with Crippen LogP contribution in [0.4, 0.5) is 5.13 Å². The molecule has 98 valence electrons. The van der Waals surface area contributed by atoms with Crippen LogP contribution in [0.25, 0.3) is 0 Å². The molecule has 2 heterocycles. The SMILES string of the molecule is COC(=O)c1csc(NC#C[C@H](N)c2ccsc2)n1.